The fraction of sp³-hybridized carbons (Fsp3) is 0.571. The van der Waals surface area contributed by atoms with Crippen molar-refractivity contribution < 1.29 is 14.2 Å². The number of hydrogen-bond donors (Lipinski definition) is 0. The van der Waals surface area contributed by atoms with Crippen LogP contribution in [0.15, 0.2) is 30.3 Å². The number of ether oxygens (including phenoxy) is 3. The van der Waals surface area contributed by atoms with E-state index in [2.05, 4.69) is 12.1 Å². The van der Waals surface area contributed by atoms with Crippen LogP contribution in [-0.2, 0) is 20.8 Å². The molecule has 0 saturated carbocycles. The van der Waals surface area contributed by atoms with Gasteiger partial charge in [0.05, 0.1) is 31.5 Å². The lowest BCUT2D eigenvalue weighted by Crippen LogP contribution is -2.17. The lowest BCUT2D eigenvalue weighted by Gasteiger charge is -2.12. The summed E-state index contributed by atoms with van der Waals surface area (Å²) < 4.78 is 17.2. The third-order valence-electron chi connectivity index (χ3n) is 3.43. The van der Waals surface area contributed by atoms with Gasteiger partial charge in [0.15, 0.2) is 0 Å². The highest BCUT2D eigenvalue weighted by atomic mass is 16.6. The first-order valence-electron chi connectivity index (χ1n) is 6.30. The topological polar surface area (TPSA) is 27.7 Å². The van der Waals surface area contributed by atoms with Gasteiger partial charge in [-0.1, -0.05) is 30.3 Å². The summed E-state index contributed by atoms with van der Waals surface area (Å²) in [5.74, 6) is 0. The first kappa shape index (κ1) is 11.2. The average Bonchev–Trinajstić information content (AvgIpc) is 2.91. The van der Waals surface area contributed by atoms with Crippen LogP contribution in [0.4, 0.5) is 0 Å². The van der Waals surface area contributed by atoms with Crippen LogP contribution in [0.3, 0.4) is 0 Å². The van der Waals surface area contributed by atoms with Gasteiger partial charge in [0.2, 0.25) is 0 Å². The summed E-state index contributed by atoms with van der Waals surface area (Å²) in [5, 5.41) is 0. The van der Waals surface area contributed by atoms with Gasteiger partial charge in [-0.3, -0.25) is 0 Å². The molecule has 0 spiro atoms. The van der Waals surface area contributed by atoms with E-state index in [0.29, 0.717) is 25.4 Å². The van der Waals surface area contributed by atoms with Crippen LogP contribution in [0.25, 0.3) is 0 Å². The van der Waals surface area contributed by atoms with Crippen LogP contribution >= 0.6 is 0 Å². The third kappa shape index (κ3) is 2.68. The van der Waals surface area contributed by atoms with Crippen molar-refractivity contribution in [2.24, 2.45) is 0 Å². The number of hydrogen-bond acceptors (Lipinski definition) is 3. The monoisotopic (exact) mass is 234 g/mol. The first-order valence-corrected chi connectivity index (χ1v) is 6.30. The van der Waals surface area contributed by atoms with E-state index in [1.54, 1.807) is 0 Å². The molecule has 0 aliphatic carbocycles. The fourth-order valence-electron chi connectivity index (χ4n) is 2.56. The minimum atomic E-state index is 0.217. The molecule has 0 aromatic heterocycles. The smallest absolute Gasteiger partial charge is 0.0864 e. The molecule has 92 valence electrons. The van der Waals surface area contributed by atoms with Crippen molar-refractivity contribution in [2.75, 3.05) is 13.2 Å². The third-order valence-corrected chi connectivity index (χ3v) is 3.43. The Labute approximate surface area is 102 Å². The van der Waals surface area contributed by atoms with Crippen molar-refractivity contribution in [2.45, 2.75) is 37.8 Å². The molecular formula is C14H18O3. The molecule has 2 aliphatic rings. The molecule has 2 aliphatic heterocycles. The molecule has 1 aromatic carbocycles. The highest BCUT2D eigenvalue weighted by Crippen LogP contribution is 2.30. The van der Waals surface area contributed by atoms with E-state index in [1.165, 1.54) is 5.56 Å². The second-order valence-corrected chi connectivity index (χ2v) is 4.73. The van der Waals surface area contributed by atoms with Crippen molar-refractivity contribution in [1.29, 1.82) is 0 Å². The normalized spacial score (nSPS) is 31.6. The number of fused-ring (bicyclic) bond motifs is 1. The van der Waals surface area contributed by atoms with Gasteiger partial charge in [-0.15, -0.1) is 0 Å². The lowest BCUT2D eigenvalue weighted by atomic mass is 10.1. The SMILES string of the molecule is c1ccc(COC[C@@H]2CC3OCCC3O2)cc1. The van der Waals surface area contributed by atoms with Gasteiger partial charge in [0, 0.05) is 13.0 Å². The average molecular weight is 234 g/mol. The van der Waals surface area contributed by atoms with Gasteiger partial charge in [-0.25, -0.2) is 0 Å². The molecule has 3 rings (SSSR count). The molecule has 2 fully saturated rings. The van der Waals surface area contributed by atoms with E-state index in [9.17, 15) is 0 Å². The molecule has 1 aromatic rings. The van der Waals surface area contributed by atoms with Crippen LogP contribution in [0.5, 0.6) is 0 Å². The van der Waals surface area contributed by atoms with Crippen LogP contribution in [0, 0.1) is 0 Å². The summed E-state index contributed by atoms with van der Waals surface area (Å²) in [6, 6.07) is 10.2. The highest BCUT2D eigenvalue weighted by Gasteiger charge is 2.39. The summed E-state index contributed by atoms with van der Waals surface area (Å²) in [4.78, 5) is 0. The van der Waals surface area contributed by atoms with Crippen molar-refractivity contribution in [1.82, 2.24) is 0 Å². The molecule has 2 unspecified atom stereocenters. The van der Waals surface area contributed by atoms with Gasteiger partial charge < -0.3 is 14.2 Å². The Hall–Kier alpha value is -0.900. The standard InChI is InChI=1S/C14H18O3/c1-2-4-11(5-3-1)9-15-10-12-8-14-13(17-12)6-7-16-14/h1-5,12-14H,6-10H2/t12-,13?,14?/m0/s1. The summed E-state index contributed by atoms with van der Waals surface area (Å²) in [5.41, 5.74) is 1.21. The molecule has 17 heavy (non-hydrogen) atoms. The van der Waals surface area contributed by atoms with Gasteiger partial charge in [-0.2, -0.15) is 0 Å². The Kier molecular flexibility index (Phi) is 3.41. The molecule has 0 N–H and O–H groups in total. The molecule has 3 heteroatoms. The minimum Gasteiger partial charge on any atom is -0.375 e. The highest BCUT2D eigenvalue weighted by molar-refractivity contribution is 5.13. The zero-order valence-electron chi connectivity index (χ0n) is 9.88. The Morgan fingerprint density at radius 3 is 2.88 bits per heavy atom. The van der Waals surface area contributed by atoms with E-state index >= 15 is 0 Å². The van der Waals surface area contributed by atoms with E-state index < -0.39 is 0 Å². The van der Waals surface area contributed by atoms with E-state index in [0.717, 1.165) is 19.4 Å². The van der Waals surface area contributed by atoms with Gasteiger partial charge >= 0.3 is 0 Å². The van der Waals surface area contributed by atoms with Crippen LogP contribution < -0.4 is 0 Å². The Morgan fingerprint density at radius 1 is 1.18 bits per heavy atom. The Bertz CT molecular complexity index is 340. The van der Waals surface area contributed by atoms with E-state index in [-0.39, 0.29) is 6.10 Å². The molecular weight excluding hydrogens is 216 g/mol. The van der Waals surface area contributed by atoms with Crippen molar-refractivity contribution >= 4 is 0 Å². The zero-order valence-corrected chi connectivity index (χ0v) is 9.88. The van der Waals surface area contributed by atoms with Crippen molar-refractivity contribution in [3.05, 3.63) is 35.9 Å². The van der Waals surface area contributed by atoms with Crippen molar-refractivity contribution in [3.63, 3.8) is 0 Å². The largest absolute Gasteiger partial charge is 0.375 e. The summed E-state index contributed by atoms with van der Waals surface area (Å²) >= 11 is 0. The van der Waals surface area contributed by atoms with Crippen LogP contribution in [0.1, 0.15) is 18.4 Å². The maximum absolute atomic E-state index is 5.87. The van der Waals surface area contributed by atoms with Gasteiger partial charge in [0.1, 0.15) is 0 Å². The summed E-state index contributed by atoms with van der Waals surface area (Å²) in [6.45, 7) is 2.19. The van der Waals surface area contributed by atoms with Gasteiger partial charge in [-0.05, 0) is 12.0 Å². The molecule has 2 saturated heterocycles. The second-order valence-electron chi connectivity index (χ2n) is 4.73. The first-order chi connectivity index (χ1) is 8.42. The fourth-order valence-corrected chi connectivity index (χ4v) is 2.56. The molecule has 3 nitrogen and oxygen atoms in total. The molecule has 0 amide bonds. The van der Waals surface area contributed by atoms with Gasteiger partial charge in [0.25, 0.3) is 0 Å². The quantitative estimate of drug-likeness (QED) is 0.799. The molecule has 3 atom stereocenters. The molecule has 0 radical (unpaired) electrons. The predicted octanol–water partition coefficient (Wildman–Crippen LogP) is 2.15. The van der Waals surface area contributed by atoms with Crippen LogP contribution in [0.2, 0.25) is 0 Å². The van der Waals surface area contributed by atoms with Crippen LogP contribution in [-0.4, -0.2) is 31.5 Å². The second kappa shape index (κ2) is 5.17. The molecule has 0 bridgehead atoms. The minimum absolute atomic E-state index is 0.217. The lowest BCUT2D eigenvalue weighted by molar-refractivity contribution is -0.0194. The maximum atomic E-state index is 5.87. The van der Waals surface area contributed by atoms with E-state index in [4.69, 9.17) is 14.2 Å². The van der Waals surface area contributed by atoms with Crippen molar-refractivity contribution in [3.8, 4) is 0 Å². The maximum Gasteiger partial charge on any atom is 0.0864 e. The number of rotatable bonds is 4. The van der Waals surface area contributed by atoms with E-state index in [1.807, 2.05) is 18.2 Å². The molecule has 2 heterocycles. The predicted molar refractivity (Wildman–Crippen MR) is 63.7 cm³/mol. The summed E-state index contributed by atoms with van der Waals surface area (Å²) in [6.07, 6.45) is 2.88. The number of benzene rings is 1. The Balaban J connectivity index is 1.41. The zero-order chi connectivity index (χ0) is 11.5. The Morgan fingerprint density at radius 2 is 2.06 bits per heavy atom. The summed E-state index contributed by atoms with van der Waals surface area (Å²) in [7, 11) is 0.